The Bertz CT molecular complexity index is 1070. The highest BCUT2D eigenvalue weighted by atomic mass is 16.3. The summed E-state index contributed by atoms with van der Waals surface area (Å²) in [6.07, 6.45) is 5.87. The van der Waals surface area contributed by atoms with Crippen LogP contribution in [0.25, 0.3) is 0 Å². The van der Waals surface area contributed by atoms with Gasteiger partial charge in [-0.1, -0.05) is 11.8 Å². The van der Waals surface area contributed by atoms with Gasteiger partial charge in [0.15, 0.2) is 5.60 Å². The number of aliphatic hydroxyl groups is 1. The quantitative estimate of drug-likeness (QED) is 0.571. The summed E-state index contributed by atoms with van der Waals surface area (Å²) in [6, 6.07) is 5.71. The number of hydrogen-bond acceptors (Lipinski definition) is 9. The molecule has 0 spiro atoms. The second kappa shape index (κ2) is 6.75. The molecule has 0 saturated carbocycles. The van der Waals surface area contributed by atoms with Crippen LogP contribution < -0.4 is 16.0 Å². The van der Waals surface area contributed by atoms with Gasteiger partial charge in [0, 0.05) is 18.0 Å². The van der Waals surface area contributed by atoms with Crippen LogP contribution in [0.1, 0.15) is 25.1 Å². The Hall–Kier alpha value is -3.77. The van der Waals surface area contributed by atoms with Gasteiger partial charge in [-0.15, -0.1) is 0 Å². The number of nitrogens with zero attached hydrogens (tertiary/aromatic N) is 6. The number of hydrogen-bond donors (Lipinski definition) is 3. The van der Waals surface area contributed by atoms with Crippen LogP contribution in [-0.4, -0.2) is 36.2 Å². The van der Waals surface area contributed by atoms with Crippen molar-refractivity contribution in [1.82, 2.24) is 24.9 Å². The van der Waals surface area contributed by atoms with E-state index in [0.29, 0.717) is 11.6 Å². The zero-order valence-corrected chi connectivity index (χ0v) is 15.3. The summed E-state index contributed by atoms with van der Waals surface area (Å²) >= 11 is 0. The van der Waals surface area contributed by atoms with Crippen LogP contribution in [0.4, 0.5) is 23.3 Å². The van der Waals surface area contributed by atoms with Crippen LogP contribution >= 0.6 is 0 Å². The average Bonchev–Trinajstić information content (AvgIpc) is 3.02. The van der Waals surface area contributed by atoms with Crippen molar-refractivity contribution < 1.29 is 5.11 Å². The van der Waals surface area contributed by atoms with Gasteiger partial charge in [-0.2, -0.15) is 4.98 Å². The highest BCUT2D eigenvalue weighted by Crippen LogP contribution is 2.38. The van der Waals surface area contributed by atoms with Crippen molar-refractivity contribution in [1.29, 1.82) is 0 Å². The van der Waals surface area contributed by atoms with E-state index >= 15 is 0 Å². The van der Waals surface area contributed by atoms with Gasteiger partial charge in [-0.05, 0) is 32.0 Å². The molecule has 0 radical (unpaired) electrons. The van der Waals surface area contributed by atoms with Gasteiger partial charge in [0.2, 0.25) is 11.9 Å². The number of nitrogens with two attached hydrogens (primary N) is 1. The Labute approximate surface area is 161 Å². The first-order valence-electron chi connectivity index (χ1n) is 8.60. The monoisotopic (exact) mass is 374 g/mol. The standard InChI is InChI=1S/C19H18N8O/c1-12-25-14-4-3-13(5-6-19(2,28)16-10-21-7-8-22-16)9-15(14)27(12)18-24-11-23-17(20)26-18/h3-4,7-12,25,28H,1-2H3,(H2,20,23,24,26). The number of nitrogen functional groups attached to an aromatic ring is 1. The van der Waals surface area contributed by atoms with Crippen LogP contribution in [0.3, 0.4) is 0 Å². The summed E-state index contributed by atoms with van der Waals surface area (Å²) in [5.74, 6) is 6.47. The molecule has 3 aromatic rings. The largest absolute Gasteiger partial charge is 0.372 e. The van der Waals surface area contributed by atoms with Gasteiger partial charge >= 0.3 is 0 Å². The molecule has 28 heavy (non-hydrogen) atoms. The topological polar surface area (TPSA) is 126 Å². The highest BCUT2D eigenvalue weighted by molar-refractivity contribution is 5.81. The fourth-order valence-electron chi connectivity index (χ4n) is 2.93. The number of anilines is 4. The van der Waals surface area contributed by atoms with Crippen molar-refractivity contribution >= 4 is 23.3 Å². The SMILES string of the molecule is CC1Nc2ccc(C#CC(C)(O)c3cnccn3)cc2N1c1ncnc(N)n1. The predicted molar refractivity (Wildman–Crippen MR) is 104 cm³/mol. The molecule has 2 atom stereocenters. The molecule has 1 aliphatic heterocycles. The van der Waals surface area contributed by atoms with E-state index in [0.717, 1.165) is 16.9 Å². The van der Waals surface area contributed by atoms with Gasteiger partial charge in [0.05, 0.1) is 17.6 Å². The predicted octanol–water partition coefficient (Wildman–Crippen LogP) is 1.41. The molecule has 2 unspecified atom stereocenters. The second-order valence-corrected chi connectivity index (χ2v) is 6.48. The molecule has 4 rings (SSSR count). The lowest BCUT2D eigenvalue weighted by Gasteiger charge is -2.21. The van der Waals surface area contributed by atoms with E-state index in [1.165, 1.54) is 18.7 Å². The Kier molecular flexibility index (Phi) is 4.25. The van der Waals surface area contributed by atoms with Gasteiger partial charge < -0.3 is 16.2 Å². The zero-order chi connectivity index (χ0) is 19.7. The molecule has 1 aromatic carbocycles. The molecule has 2 aromatic heterocycles. The van der Waals surface area contributed by atoms with Gasteiger partial charge in [0.1, 0.15) is 18.2 Å². The van der Waals surface area contributed by atoms with E-state index < -0.39 is 5.60 Å². The Morgan fingerprint density at radius 1 is 1.25 bits per heavy atom. The zero-order valence-electron chi connectivity index (χ0n) is 15.3. The molecule has 140 valence electrons. The van der Waals surface area contributed by atoms with Gasteiger partial charge in [-0.25, -0.2) is 9.97 Å². The Morgan fingerprint density at radius 3 is 2.86 bits per heavy atom. The summed E-state index contributed by atoms with van der Waals surface area (Å²) < 4.78 is 0. The van der Waals surface area contributed by atoms with Crippen molar-refractivity contribution in [2.24, 2.45) is 0 Å². The van der Waals surface area contributed by atoms with E-state index in [1.54, 1.807) is 13.1 Å². The van der Waals surface area contributed by atoms with Crippen molar-refractivity contribution in [2.75, 3.05) is 16.0 Å². The Balaban J connectivity index is 1.69. The molecule has 3 heterocycles. The fourth-order valence-corrected chi connectivity index (χ4v) is 2.93. The smallest absolute Gasteiger partial charge is 0.236 e. The van der Waals surface area contributed by atoms with Crippen LogP contribution in [0.5, 0.6) is 0 Å². The van der Waals surface area contributed by atoms with Crippen molar-refractivity contribution in [2.45, 2.75) is 25.6 Å². The maximum atomic E-state index is 10.6. The second-order valence-electron chi connectivity index (χ2n) is 6.48. The molecule has 0 saturated heterocycles. The normalized spacial score (nSPS) is 17.1. The van der Waals surface area contributed by atoms with Crippen LogP contribution in [-0.2, 0) is 5.60 Å². The highest BCUT2D eigenvalue weighted by Gasteiger charge is 2.29. The lowest BCUT2D eigenvalue weighted by Crippen LogP contribution is -2.30. The molecule has 9 heteroatoms. The van der Waals surface area contributed by atoms with E-state index in [2.05, 4.69) is 42.1 Å². The summed E-state index contributed by atoms with van der Waals surface area (Å²) in [6.45, 7) is 3.57. The van der Waals surface area contributed by atoms with Crippen LogP contribution in [0.15, 0.2) is 43.1 Å². The minimum absolute atomic E-state index is 0.0669. The molecule has 1 aliphatic rings. The molecular weight excluding hydrogens is 356 g/mol. The maximum absolute atomic E-state index is 10.6. The first-order valence-corrected chi connectivity index (χ1v) is 8.60. The number of fused-ring (bicyclic) bond motifs is 1. The minimum Gasteiger partial charge on any atom is -0.372 e. The number of nitrogens with one attached hydrogen (secondary N) is 1. The molecule has 4 N–H and O–H groups in total. The van der Waals surface area contributed by atoms with E-state index in [-0.39, 0.29) is 12.1 Å². The summed E-state index contributed by atoms with van der Waals surface area (Å²) in [5, 5.41) is 14.0. The number of aromatic nitrogens is 5. The molecule has 0 fully saturated rings. The lowest BCUT2D eigenvalue weighted by atomic mass is 10.0. The van der Waals surface area contributed by atoms with E-state index in [9.17, 15) is 5.11 Å². The molecule has 0 aliphatic carbocycles. The van der Waals surface area contributed by atoms with Crippen molar-refractivity contribution in [3.63, 3.8) is 0 Å². The van der Waals surface area contributed by atoms with Gasteiger partial charge in [-0.3, -0.25) is 14.9 Å². The molecule has 9 nitrogen and oxygen atoms in total. The van der Waals surface area contributed by atoms with Crippen LogP contribution in [0, 0.1) is 11.8 Å². The Morgan fingerprint density at radius 2 is 2.11 bits per heavy atom. The number of benzene rings is 1. The summed E-state index contributed by atoms with van der Waals surface area (Å²) in [4.78, 5) is 22.3. The van der Waals surface area contributed by atoms with Crippen LogP contribution in [0.2, 0.25) is 0 Å². The summed E-state index contributed by atoms with van der Waals surface area (Å²) in [7, 11) is 0. The minimum atomic E-state index is -1.42. The first kappa shape index (κ1) is 17.6. The lowest BCUT2D eigenvalue weighted by molar-refractivity contribution is 0.117. The third-order valence-corrected chi connectivity index (χ3v) is 4.31. The number of rotatable bonds is 2. The fraction of sp³-hybridized carbons (Fsp3) is 0.211. The van der Waals surface area contributed by atoms with Crippen molar-refractivity contribution in [3.8, 4) is 11.8 Å². The van der Waals surface area contributed by atoms with Crippen molar-refractivity contribution in [3.05, 3.63) is 54.4 Å². The molecule has 0 bridgehead atoms. The molecule has 0 amide bonds. The van der Waals surface area contributed by atoms with E-state index in [1.807, 2.05) is 30.0 Å². The van der Waals surface area contributed by atoms with Gasteiger partial charge in [0.25, 0.3) is 0 Å². The van der Waals surface area contributed by atoms with E-state index in [4.69, 9.17) is 5.73 Å². The average molecular weight is 374 g/mol. The first-order chi connectivity index (χ1) is 13.4. The summed E-state index contributed by atoms with van der Waals surface area (Å²) in [5.41, 5.74) is 7.20. The third-order valence-electron chi connectivity index (χ3n) is 4.31. The third kappa shape index (κ3) is 3.28. The maximum Gasteiger partial charge on any atom is 0.236 e. The molecular formula is C19H18N8O.